The summed E-state index contributed by atoms with van der Waals surface area (Å²) >= 11 is 1.50. The lowest BCUT2D eigenvalue weighted by atomic mass is 10.0. The molecule has 2 atom stereocenters. The monoisotopic (exact) mass is 531 g/mol. The zero-order valence-electron chi connectivity index (χ0n) is 20.0. The number of methoxy groups -OCH3 is 1. The number of aromatic nitrogens is 1. The van der Waals surface area contributed by atoms with Crippen molar-refractivity contribution < 1.29 is 27.3 Å². The van der Waals surface area contributed by atoms with E-state index in [-0.39, 0.29) is 12.3 Å². The maximum Gasteiger partial charge on any atom is 0.407 e. The first kappa shape index (κ1) is 27.3. The van der Waals surface area contributed by atoms with Crippen molar-refractivity contribution in [1.29, 1.82) is 0 Å². The predicted molar refractivity (Wildman–Crippen MR) is 137 cm³/mol. The molecule has 0 bridgehead atoms. The summed E-state index contributed by atoms with van der Waals surface area (Å²) in [6.45, 7) is 2.00. The second kappa shape index (κ2) is 12.6. The van der Waals surface area contributed by atoms with E-state index in [1.165, 1.54) is 18.4 Å². The van der Waals surface area contributed by atoms with E-state index in [2.05, 4.69) is 15.6 Å². The summed E-state index contributed by atoms with van der Waals surface area (Å²) in [7, 11) is -2.89. The van der Waals surface area contributed by atoms with Crippen molar-refractivity contribution in [3.8, 4) is 0 Å². The van der Waals surface area contributed by atoms with Crippen LogP contribution in [0.15, 0.2) is 60.0 Å². The number of rotatable bonds is 11. The molecule has 2 aromatic carbocycles. The number of nitrogens with zero attached hydrogens (tertiary/aromatic N) is 1. The molecule has 0 unspecified atom stereocenters. The predicted octanol–water partition coefficient (Wildman–Crippen LogP) is 3.46. The highest BCUT2D eigenvalue weighted by atomic mass is 32.2. The Labute approximate surface area is 214 Å². The highest BCUT2D eigenvalue weighted by Gasteiger charge is 2.26. The second-order valence-corrected chi connectivity index (χ2v) is 10.6. The SMILES string of the molecule is CCc1nc([C@H](Cc2ccc(CS(=O)(=O)O)cc2)NC(=O)[C@H](Cc2ccccc2)NC(=O)OC)cs1. The molecule has 2 amide bonds. The van der Waals surface area contributed by atoms with Crippen molar-refractivity contribution in [2.45, 2.75) is 44.0 Å². The van der Waals surface area contributed by atoms with E-state index in [4.69, 9.17) is 9.29 Å². The Hall–Kier alpha value is -3.28. The van der Waals surface area contributed by atoms with Crippen LogP contribution < -0.4 is 10.6 Å². The van der Waals surface area contributed by atoms with Crippen LogP contribution in [0.3, 0.4) is 0 Å². The van der Waals surface area contributed by atoms with Crippen LogP contribution in [0.25, 0.3) is 0 Å². The van der Waals surface area contributed by atoms with Gasteiger partial charge in [-0.05, 0) is 29.5 Å². The van der Waals surface area contributed by atoms with Gasteiger partial charge in [0.1, 0.15) is 11.8 Å². The van der Waals surface area contributed by atoms with E-state index in [1.807, 2.05) is 42.6 Å². The number of nitrogens with one attached hydrogen (secondary N) is 2. The molecule has 1 aromatic heterocycles. The molecule has 0 aliphatic carbocycles. The fourth-order valence-corrected chi connectivity index (χ4v) is 5.04. The average molecular weight is 532 g/mol. The van der Waals surface area contributed by atoms with Crippen LogP contribution in [0.4, 0.5) is 4.79 Å². The van der Waals surface area contributed by atoms with Gasteiger partial charge in [0.25, 0.3) is 10.1 Å². The van der Waals surface area contributed by atoms with Gasteiger partial charge < -0.3 is 15.4 Å². The van der Waals surface area contributed by atoms with Crippen LogP contribution in [-0.4, -0.2) is 43.1 Å². The van der Waals surface area contributed by atoms with Crippen molar-refractivity contribution >= 4 is 33.5 Å². The highest BCUT2D eigenvalue weighted by Crippen LogP contribution is 2.22. The lowest BCUT2D eigenvalue weighted by molar-refractivity contribution is -0.123. The van der Waals surface area contributed by atoms with E-state index in [1.54, 1.807) is 24.3 Å². The van der Waals surface area contributed by atoms with E-state index in [9.17, 15) is 18.0 Å². The number of thiazole rings is 1. The van der Waals surface area contributed by atoms with Crippen molar-refractivity contribution in [2.24, 2.45) is 0 Å². The topological polar surface area (TPSA) is 135 Å². The molecule has 0 aliphatic rings. The Kier molecular flexibility index (Phi) is 9.57. The highest BCUT2D eigenvalue weighted by molar-refractivity contribution is 7.85. The lowest BCUT2D eigenvalue weighted by Gasteiger charge is -2.23. The van der Waals surface area contributed by atoms with Gasteiger partial charge in [-0.15, -0.1) is 11.3 Å². The number of alkyl carbamates (subject to hydrolysis) is 1. The molecule has 0 fully saturated rings. The summed E-state index contributed by atoms with van der Waals surface area (Å²) in [5.74, 6) is -0.858. The van der Waals surface area contributed by atoms with Crippen molar-refractivity contribution in [3.05, 3.63) is 87.4 Å². The van der Waals surface area contributed by atoms with Crippen LogP contribution in [0.1, 0.15) is 40.4 Å². The maximum absolute atomic E-state index is 13.4. The van der Waals surface area contributed by atoms with Crippen LogP contribution >= 0.6 is 11.3 Å². The molecule has 0 radical (unpaired) electrons. The molecule has 3 aromatic rings. The molecule has 9 nitrogen and oxygen atoms in total. The number of benzene rings is 2. The van der Waals surface area contributed by atoms with Crippen LogP contribution in [0, 0.1) is 0 Å². The van der Waals surface area contributed by atoms with Crippen molar-refractivity contribution in [3.63, 3.8) is 0 Å². The summed E-state index contributed by atoms with van der Waals surface area (Å²) < 4.78 is 36.1. The molecule has 3 N–H and O–H groups in total. The number of amides is 2. The summed E-state index contributed by atoms with van der Waals surface area (Å²) in [6.07, 6.45) is 0.715. The molecule has 11 heteroatoms. The minimum Gasteiger partial charge on any atom is -0.453 e. The minimum atomic E-state index is -4.13. The quantitative estimate of drug-likeness (QED) is 0.323. The minimum absolute atomic E-state index is 0.274. The first-order valence-corrected chi connectivity index (χ1v) is 13.8. The fraction of sp³-hybridized carbons (Fsp3) is 0.320. The van der Waals surface area contributed by atoms with Gasteiger partial charge in [-0.1, -0.05) is 61.5 Å². The zero-order valence-corrected chi connectivity index (χ0v) is 21.6. The lowest BCUT2D eigenvalue weighted by Crippen LogP contribution is -2.49. The molecule has 0 aliphatic heterocycles. The molecule has 36 heavy (non-hydrogen) atoms. The summed E-state index contributed by atoms with van der Waals surface area (Å²) in [4.78, 5) is 30.0. The summed E-state index contributed by atoms with van der Waals surface area (Å²) in [6, 6.07) is 14.7. The van der Waals surface area contributed by atoms with Gasteiger partial charge in [0.15, 0.2) is 0 Å². The van der Waals surface area contributed by atoms with E-state index < -0.39 is 34.0 Å². The fourth-order valence-electron chi connectivity index (χ4n) is 3.63. The molecule has 1 heterocycles. The molecule has 192 valence electrons. The molecule has 0 saturated heterocycles. The Morgan fingerprint density at radius 2 is 1.64 bits per heavy atom. The third-order valence-electron chi connectivity index (χ3n) is 5.43. The number of aryl methyl sites for hydroxylation is 1. The Morgan fingerprint density at radius 1 is 1.00 bits per heavy atom. The van der Waals surface area contributed by atoms with E-state index >= 15 is 0 Å². The molecular weight excluding hydrogens is 502 g/mol. The van der Waals surface area contributed by atoms with Gasteiger partial charge in [0, 0.05) is 11.8 Å². The first-order valence-electron chi connectivity index (χ1n) is 11.3. The smallest absolute Gasteiger partial charge is 0.407 e. The number of carbonyl (C=O) groups is 2. The average Bonchev–Trinajstić information content (AvgIpc) is 3.33. The van der Waals surface area contributed by atoms with Gasteiger partial charge >= 0.3 is 6.09 Å². The number of hydrogen-bond donors (Lipinski definition) is 3. The zero-order chi connectivity index (χ0) is 26.1. The molecule has 0 saturated carbocycles. The second-order valence-electron chi connectivity index (χ2n) is 8.21. The summed E-state index contributed by atoms with van der Waals surface area (Å²) in [5, 5.41) is 8.46. The molecule has 0 spiro atoms. The molecule has 3 rings (SSSR count). The third-order valence-corrected chi connectivity index (χ3v) is 7.14. The number of hydrogen-bond acceptors (Lipinski definition) is 7. The van der Waals surface area contributed by atoms with Gasteiger partial charge in [0.05, 0.1) is 23.9 Å². The normalized spacial score (nSPS) is 13.0. The van der Waals surface area contributed by atoms with Crippen LogP contribution in [0.5, 0.6) is 0 Å². The largest absolute Gasteiger partial charge is 0.453 e. The Bertz CT molecular complexity index is 1260. The Balaban J connectivity index is 1.82. The van der Waals surface area contributed by atoms with Crippen molar-refractivity contribution in [2.75, 3.05) is 7.11 Å². The number of carbonyl (C=O) groups excluding carboxylic acids is 2. The maximum atomic E-state index is 13.4. The van der Waals surface area contributed by atoms with E-state index in [0.29, 0.717) is 17.7 Å². The van der Waals surface area contributed by atoms with Gasteiger partial charge in [-0.2, -0.15) is 8.42 Å². The van der Waals surface area contributed by atoms with Crippen LogP contribution in [-0.2, 0) is 44.7 Å². The number of ether oxygens (including phenoxy) is 1. The van der Waals surface area contributed by atoms with Gasteiger partial charge in [-0.3, -0.25) is 9.35 Å². The standard InChI is InChI=1S/C25H29N3O6S2/c1-3-23-26-22(15-35-23)20(13-18-9-11-19(12-10-18)16-36(31,32)33)27-24(29)21(28-25(30)34-2)14-17-7-5-4-6-8-17/h4-12,15,20-21H,3,13-14,16H2,1-2H3,(H,27,29)(H,28,30)(H,31,32,33)/t20-,21-/m0/s1. The van der Waals surface area contributed by atoms with Gasteiger partial charge in [-0.25, -0.2) is 9.78 Å². The third kappa shape index (κ3) is 8.43. The molecular formula is C25H29N3O6S2. The van der Waals surface area contributed by atoms with Gasteiger partial charge in [0.2, 0.25) is 5.91 Å². The first-order chi connectivity index (χ1) is 17.2. The van der Waals surface area contributed by atoms with Crippen molar-refractivity contribution in [1.82, 2.24) is 15.6 Å². The van der Waals surface area contributed by atoms with E-state index in [0.717, 1.165) is 22.6 Å². The van der Waals surface area contributed by atoms with Crippen LogP contribution in [0.2, 0.25) is 0 Å². The Morgan fingerprint density at radius 3 is 2.22 bits per heavy atom. The summed E-state index contributed by atoms with van der Waals surface area (Å²) in [5.41, 5.74) is 2.87.